The molecule has 0 spiro atoms. The van der Waals surface area contributed by atoms with Crippen LogP contribution in [0.4, 0.5) is 5.82 Å². The smallest absolute Gasteiger partial charge is 0.135 e. The van der Waals surface area contributed by atoms with E-state index in [9.17, 15) is 0 Å². The molecule has 1 aromatic carbocycles. The first-order valence-electron chi connectivity index (χ1n) is 8.03. The zero-order valence-corrected chi connectivity index (χ0v) is 13.0. The van der Waals surface area contributed by atoms with Crippen LogP contribution < -0.4 is 5.32 Å². The summed E-state index contributed by atoms with van der Waals surface area (Å²) in [5, 5.41) is 3.46. The lowest BCUT2D eigenvalue weighted by Gasteiger charge is -2.18. The summed E-state index contributed by atoms with van der Waals surface area (Å²) in [6.45, 7) is 3.09. The van der Waals surface area contributed by atoms with Crippen LogP contribution in [0, 0.1) is 0 Å². The van der Waals surface area contributed by atoms with E-state index >= 15 is 0 Å². The summed E-state index contributed by atoms with van der Waals surface area (Å²) < 4.78 is 5.69. The maximum atomic E-state index is 5.69. The van der Waals surface area contributed by atoms with Crippen LogP contribution in [-0.2, 0) is 11.2 Å². The monoisotopic (exact) mass is 297 g/mol. The topological polar surface area (TPSA) is 47.0 Å². The second-order valence-electron chi connectivity index (χ2n) is 5.94. The highest BCUT2D eigenvalue weighted by atomic mass is 16.5. The Bertz CT molecular complexity index is 582. The molecule has 1 aromatic heterocycles. The fourth-order valence-corrected chi connectivity index (χ4v) is 2.88. The second-order valence-corrected chi connectivity index (χ2v) is 5.94. The molecule has 1 aliphatic heterocycles. The summed E-state index contributed by atoms with van der Waals surface area (Å²) in [5.41, 5.74) is 1.23. The molecule has 0 amide bonds. The normalized spacial score (nSPS) is 19.0. The fraction of sp³-hybridized carbons (Fsp3) is 0.444. The number of hydrogen-bond acceptors (Lipinski definition) is 4. The van der Waals surface area contributed by atoms with Crippen LogP contribution >= 0.6 is 0 Å². The lowest BCUT2D eigenvalue weighted by atomic mass is 10.1. The van der Waals surface area contributed by atoms with Crippen LogP contribution in [0.3, 0.4) is 0 Å². The third-order valence-corrected chi connectivity index (χ3v) is 3.95. The van der Waals surface area contributed by atoms with Gasteiger partial charge in [-0.15, -0.1) is 0 Å². The Morgan fingerprint density at radius 2 is 2.14 bits per heavy atom. The van der Waals surface area contributed by atoms with Crippen molar-refractivity contribution >= 4 is 5.82 Å². The Hall–Kier alpha value is -1.94. The third-order valence-electron chi connectivity index (χ3n) is 3.95. The molecule has 1 fully saturated rings. The van der Waals surface area contributed by atoms with E-state index in [1.165, 1.54) is 18.4 Å². The van der Waals surface area contributed by atoms with Crippen LogP contribution in [0.1, 0.15) is 37.6 Å². The largest absolute Gasteiger partial charge is 0.378 e. The van der Waals surface area contributed by atoms with Crippen LogP contribution in [0.25, 0.3) is 0 Å². The molecule has 2 atom stereocenters. The number of nitrogens with zero attached hydrogens (tertiary/aromatic N) is 2. The van der Waals surface area contributed by atoms with E-state index in [1.807, 2.05) is 30.5 Å². The van der Waals surface area contributed by atoms with Crippen molar-refractivity contribution in [3.05, 3.63) is 54.0 Å². The van der Waals surface area contributed by atoms with Crippen molar-refractivity contribution in [3.63, 3.8) is 0 Å². The van der Waals surface area contributed by atoms with Crippen molar-refractivity contribution in [1.82, 2.24) is 9.97 Å². The zero-order chi connectivity index (χ0) is 15.2. The lowest BCUT2D eigenvalue weighted by molar-refractivity contribution is 0.101. The Kier molecular flexibility index (Phi) is 5.01. The van der Waals surface area contributed by atoms with Gasteiger partial charge in [-0.2, -0.15) is 0 Å². The van der Waals surface area contributed by atoms with Crippen LogP contribution in [0.2, 0.25) is 0 Å². The summed E-state index contributed by atoms with van der Waals surface area (Å²) in [4.78, 5) is 8.99. The standard InChI is InChI=1S/C18H23N3O/c1-14(12-16-8-5-11-22-16)20-17-9-10-19-18(21-17)13-15-6-3-2-4-7-15/h2-4,6-7,9-10,14,16H,5,8,11-13H2,1H3,(H,19,20,21). The van der Waals surface area contributed by atoms with E-state index in [1.54, 1.807) is 0 Å². The summed E-state index contributed by atoms with van der Waals surface area (Å²) in [5.74, 6) is 1.74. The molecule has 0 radical (unpaired) electrons. The van der Waals surface area contributed by atoms with Gasteiger partial charge in [-0.05, 0) is 37.8 Å². The van der Waals surface area contributed by atoms with Crippen molar-refractivity contribution in [3.8, 4) is 0 Å². The number of benzene rings is 1. The van der Waals surface area contributed by atoms with E-state index in [0.29, 0.717) is 12.1 Å². The lowest BCUT2D eigenvalue weighted by Crippen LogP contribution is -2.22. The molecule has 0 aliphatic carbocycles. The van der Waals surface area contributed by atoms with Gasteiger partial charge in [0.25, 0.3) is 0 Å². The third kappa shape index (κ3) is 4.28. The number of anilines is 1. The van der Waals surface area contributed by atoms with Crippen LogP contribution in [-0.4, -0.2) is 28.7 Å². The van der Waals surface area contributed by atoms with Gasteiger partial charge in [0.2, 0.25) is 0 Å². The molecule has 2 heterocycles. The first kappa shape index (κ1) is 15.0. The summed E-state index contributed by atoms with van der Waals surface area (Å²) in [7, 11) is 0. The number of aromatic nitrogens is 2. The fourth-order valence-electron chi connectivity index (χ4n) is 2.88. The highest BCUT2D eigenvalue weighted by Gasteiger charge is 2.18. The minimum Gasteiger partial charge on any atom is -0.378 e. The molecule has 2 unspecified atom stereocenters. The molecule has 0 bridgehead atoms. The molecule has 1 saturated heterocycles. The Morgan fingerprint density at radius 3 is 2.91 bits per heavy atom. The number of ether oxygens (including phenoxy) is 1. The Morgan fingerprint density at radius 1 is 1.27 bits per heavy atom. The van der Waals surface area contributed by atoms with Gasteiger partial charge in [-0.25, -0.2) is 9.97 Å². The van der Waals surface area contributed by atoms with Crippen LogP contribution in [0.15, 0.2) is 42.6 Å². The first-order chi connectivity index (χ1) is 10.8. The summed E-state index contributed by atoms with van der Waals surface area (Å²) in [6.07, 6.45) is 6.37. The molecular formula is C18H23N3O. The number of nitrogens with one attached hydrogen (secondary N) is 1. The quantitative estimate of drug-likeness (QED) is 0.887. The minimum absolute atomic E-state index is 0.350. The Labute approximate surface area is 132 Å². The second kappa shape index (κ2) is 7.36. The van der Waals surface area contributed by atoms with Crippen LogP contribution in [0.5, 0.6) is 0 Å². The van der Waals surface area contributed by atoms with Crippen molar-refractivity contribution in [2.75, 3.05) is 11.9 Å². The molecule has 4 nitrogen and oxygen atoms in total. The predicted octanol–water partition coefficient (Wildman–Crippen LogP) is 3.44. The maximum absolute atomic E-state index is 5.69. The van der Waals surface area contributed by atoms with E-state index < -0.39 is 0 Å². The van der Waals surface area contributed by atoms with Gasteiger partial charge in [0, 0.05) is 25.3 Å². The van der Waals surface area contributed by atoms with Crippen molar-refractivity contribution < 1.29 is 4.74 Å². The molecule has 3 rings (SSSR count). The molecule has 1 N–H and O–H groups in total. The number of hydrogen-bond donors (Lipinski definition) is 1. The molecule has 0 saturated carbocycles. The van der Waals surface area contributed by atoms with Gasteiger partial charge in [-0.3, -0.25) is 0 Å². The highest BCUT2D eigenvalue weighted by molar-refractivity contribution is 5.34. The van der Waals surface area contributed by atoms with E-state index in [0.717, 1.165) is 31.1 Å². The van der Waals surface area contributed by atoms with Gasteiger partial charge in [-0.1, -0.05) is 30.3 Å². The van der Waals surface area contributed by atoms with E-state index in [-0.39, 0.29) is 0 Å². The minimum atomic E-state index is 0.350. The average Bonchev–Trinajstić information content (AvgIpc) is 3.01. The summed E-state index contributed by atoms with van der Waals surface area (Å²) >= 11 is 0. The van der Waals surface area contributed by atoms with E-state index in [4.69, 9.17) is 4.74 Å². The van der Waals surface area contributed by atoms with Gasteiger partial charge in [0.05, 0.1) is 6.10 Å². The maximum Gasteiger partial charge on any atom is 0.135 e. The molecule has 2 aromatic rings. The van der Waals surface area contributed by atoms with Gasteiger partial charge in [0.15, 0.2) is 0 Å². The average molecular weight is 297 g/mol. The summed E-state index contributed by atoms with van der Waals surface area (Å²) in [6, 6.07) is 12.6. The highest BCUT2D eigenvalue weighted by Crippen LogP contribution is 2.18. The first-order valence-corrected chi connectivity index (χ1v) is 8.03. The van der Waals surface area contributed by atoms with Gasteiger partial charge in [0.1, 0.15) is 11.6 Å². The van der Waals surface area contributed by atoms with Gasteiger partial charge < -0.3 is 10.1 Å². The molecule has 4 heteroatoms. The predicted molar refractivity (Wildman–Crippen MR) is 88.0 cm³/mol. The molecule has 116 valence electrons. The van der Waals surface area contributed by atoms with E-state index in [2.05, 4.69) is 34.3 Å². The zero-order valence-electron chi connectivity index (χ0n) is 13.0. The molecular weight excluding hydrogens is 274 g/mol. The number of rotatable bonds is 6. The Balaban J connectivity index is 1.58. The van der Waals surface area contributed by atoms with Crippen molar-refractivity contribution in [1.29, 1.82) is 0 Å². The van der Waals surface area contributed by atoms with Crippen molar-refractivity contribution in [2.24, 2.45) is 0 Å². The SMILES string of the molecule is CC(CC1CCCO1)Nc1ccnc(Cc2ccccc2)n1. The molecule has 1 aliphatic rings. The molecule has 22 heavy (non-hydrogen) atoms. The van der Waals surface area contributed by atoms with Gasteiger partial charge >= 0.3 is 0 Å². The van der Waals surface area contributed by atoms with Crippen molar-refractivity contribution in [2.45, 2.75) is 44.8 Å².